The summed E-state index contributed by atoms with van der Waals surface area (Å²) in [5, 5.41) is 0. The van der Waals surface area contributed by atoms with Crippen LogP contribution in [0.2, 0.25) is 0 Å². The van der Waals surface area contributed by atoms with Crippen molar-refractivity contribution < 1.29 is 14.3 Å². The Balaban J connectivity index is 1.96. The van der Waals surface area contributed by atoms with Crippen LogP contribution < -0.4 is 9.70 Å². The second-order valence-electron chi connectivity index (χ2n) is 6.67. The van der Waals surface area contributed by atoms with Crippen LogP contribution in [-0.2, 0) is 11.3 Å². The normalized spacial score (nSPS) is 11.7. The fraction of sp³-hybridized carbons (Fsp3) is 0.348. The average molecular weight is 426 g/mol. The SMILES string of the molecule is CCOC(=O)c1ccc2c(c1)sc(=NC(=O)c1ccc(N(CC)CC)cc1)n2CC. The van der Waals surface area contributed by atoms with E-state index in [1.807, 2.05) is 41.8 Å². The molecule has 0 atom stereocenters. The first-order valence-electron chi connectivity index (χ1n) is 10.3. The fourth-order valence-electron chi connectivity index (χ4n) is 3.36. The van der Waals surface area contributed by atoms with E-state index in [1.54, 1.807) is 19.1 Å². The number of ether oxygens (including phenoxy) is 1. The highest BCUT2D eigenvalue weighted by atomic mass is 32.1. The number of benzene rings is 2. The van der Waals surface area contributed by atoms with Crippen molar-refractivity contribution in [1.29, 1.82) is 0 Å². The van der Waals surface area contributed by atoms with Crippen molar-refractivity contribution in [2.75, 3.05) is 24.6 Å². The molecular formula is C23H27N3O3S. The number of nitrogens with zero attached hydrogens (tertiary/aromatic N) is 3. The van der Waals surface area contributed by atoms with Gasteiger partial charge in [-0.3, -0.25) is 4.79 Å². The lowest BCUT2D eigenvalue weighted by atomic mass is 10.2. The van der Waals surface area contributed by atoms with Gasteiger partial charge in [0.2, 0.25) is 0 Å². The van der Waals surface area contributed by atoms with Gasteiger partial charge >= 0.3 is 5.97 Å². The van der Waals surface area contributed by atoms with Crippen LogP contribution in [0.1, 0.15) is 48.4 Å². The van der Waals surface area contributed by atoms with E-state index in [2.05, 4.69) is 23.7 Å². The number of aromatic nitrogens is 1. The maximum atomic E-state index is 12.8. The third-order valence-corrected chi connectivity index (χ3v) is 5.99. The maximum Gasteiger partial charge on any atom is 0.338 e. The summed E-state index contributed by atoms with van der Waals surface area (Å²) >= 11 is 1.40. The molecule has 0 spiro atoms. The lowest BCUT2D eigenvalue weighted by molar-refractivity contribution is 0.0526. The third-order valence-electron chi connectivity index (χ3n) is 4.95. The molecule has 30 heavy (non-hydrogen) atoms. The zero-order valence-corrected chi connectivity index (χ0v) is 18.7. The molecule has 0 aliphatic carbocycles. The van der Waals surface area contributed by atoms with Crippen molar-refractivity contribution in [3.8, 4) is 0 Å². The Hall–Kier alpha value is -2.93. The molecule has 1 amide bonds. The second kappa shape index (κ2) is 9.71. The molecule has 0 fully saturated rings. The van der Waals surface area contributed by atoms with Crippen LogP contribution in [0.4, 0.5) is 5.69 Å². The molecule has 0 aliphatic rings. The van der Waals surface area contributed by atoms with Gasteiger partial charge in [0.15, 0.2) is 4.80 Å². The Morgan fingerprint density at radius 1 is 1.00 bits per heavy atom. The van der Waals surface area contributed by atoms with E-state index in [0.717, 1.165) is 29.0 Å². The number of aryl methyl sites for hydroxylation is 1. The molecule has 0 bridgehead atoms. The summed E-state index contributed by atoms with van der Waals surface area (Å²) in [6, 6.07) is 13.0. The van der Waals surface area contributed by atoms with Crippen molar-refractivity contribution in [1.82, 2.24) is 4.57 Å². The van der Waals surface area contributed by atoms with E-state index >= 15 is 0 Å². The lowest BCUT2D eigenvalue weighted by Crippen LogP contribution is -2.21. The average Bonchev–Trinajstić information content (AvgIpc) is 3.11. The summed E-state index contributed by atoms with van der Waals surface area (Å²) in [5.74, 6) is -0.626. The Morgan fingerprint density at radius 2 is 1.67 bits per heavy atom. The van der Waals surface area contributed by atoms with Crippen molar-refractivity contribution in [2.24, 2.45) is 4.99 Å². The number of carbonyl (C=O) groups is 2. The van der Waals surface area contributed by atoms with E-state index in [1.165, 1.54) is 11.3 Å². The monoisotopic (exact) mass is 425 g/mol. The molecule has 1 heterocycles. The molecule has 3 aromatic rings. The van der Waals surface area contributed by atoms with E-state index in [9.17, 15) is 9.59 Å². The van der Waals surface area contributed by atoms with E-state index in [0.29, 0.717) is 29.1 Å². The minimum absolute atomic E-state index is 0.277. The molecule has 0 saturated carbocycles. The number of esters is 1. The van der Waals surface area contributed by atoms with Crippen LogP contribution in [0.15, 0.2) is 47.5 Å². The third kappa shape index (κ3) is 4.46. The molecule has 1 aromatic heterocycles. The van der Waals surface area contributed by atoms with Crippen molar-refractivity contribution in [3.05, 3.63) is 58.4 Å². The quantitative estimate of drug-likeness (QED) is 0.523. The van der Waals surface area contributed by atoms with Crippen LogP contribution in [-0.4, -0.2) is 36.1 Å². The van der Waals surface area contributed by atoms with E-state index < -0.39 is 0 Å². The number of hydrogen-bond acceptors (Lipinski definition) is 5. The predicted molar refractivity (Wildman–Crippen MR) is 121 cm³/mol. The highest BCUT2D eigenvalue weighted by Gasteiger charge is 2.12. The molecule has 0 N–H and O–H groups in total. The number of anilines is 1. The van der Waals surface area contributed by atoms with Gasteiger partial charge in [0, 0.05) is 30.9 Å². The van der Waals surface area contributed by atoms with Gasteiger partial charge in [-0.05, 0) is 70.2 Å². The molecule has 0 aliphatic heterocycles. The predicted octanol–water partition coefficient (Wildman–Crippen LogP) is 4.49. The molecule has 0 radical (unpaired) electrons. The smallest absolute Gasteiger partial charge is 0.338 e. The first-order valence-corrected chi connectivity index (χ1v) is 11.1. The number of thiazole rings is 1. The Bertz CT molecular complexity index is 1110. The Kier molecular flexibility index (Phi) is 7.05. The summed E-state index contributed by atoms with van der Waals surface area (Å²) in [6.07, 6.45) is 0. The number of hydrogen-bond donors (Lipinski definition) is 0. The van der Waals surface area contributed by atoms with Gasteiger partial charge in [0.25, 0.3) is 5.91 Å². The maximum absolute atomic E-state index is 12.8. The molecule has 0 saturated heterocycles. The van der Waals surface area contributed by atoms with Gasteiger partial charge in [0.05, 0.1) is 22.4 Å². The zero-order valence-electron chi connectivity index (χ0n) is 17.8. The summed E-state index contributed by atoms with van der Waals surface area (Å²) in [5.41, 5.74) is 3.09. The molecule has 2 aromatic carbocycles. The first-order chi connectivity index (χ1) is 14.5. The molecule has 158 valence electrons. The minimum atomic E-state index is -0.348. The minimum Gasteiger partial charge on any atom is -0.462 e. The highest BCUT2D eigenvalue weighted by molar-refractivity contribution is 7.16. The van der Waals surface area contributed by atoms with Crippen molar-refractivity contribution >= 4 is 39.1 Å². The zero-order chi connectivity index (χ0) is 21.7. The van der Waals surface area contributed by atoms with Crippen LogP contribution in [0.3, 0.4) is 0 Å². The van der Waals surface area contributed by atoms with Crippen LogP contribution in [0.25, 0.3) is 10.2 Å². The van der Waals surface area contributed by atoms with Gasteiger partial charge < -0.3 is 14.2 Å². The summed E-state index contributed by atoms with van der Waals surface area (Å²) in [7, 11) is 0. The largest absolute Gasteiger partial charge is 0.462 e. The standard InChI is InChI=1S/C23H27N3O3S/c1-5-25(6-2)18-12-9-16(10-13-18)21(27)24-23-26(7-3)19-14-11-17(15-20(19)30-23)22(28)29-8-4/h9-15H,5-8H2,1-4H3. The van der Waals surface area contributed by atoms with E-state index in [-0.39, 0.29) is 11.9 Å². The lowest BCUT2D eigenvalue weighted by Gasteiger charge is -2.20. The van der Waals surface area contributed by atoms with Gasteiger partial charge in [-0.15, -0.1) is 0 Å². The number of fused-ring (bicyclic) bond motifs is 1. The van der Waals surface area contributed by atoms with Crippen LogP contribution in [0.5, 0.6) is 0 Å². The van der Waals surface area contributed by atoms with Crippen LogP contribution in [0, 0.1) is 0 Å². The molecule has 6 nitrogen and oxygen atoms in total. The van der Waals surface area contributed by atoms with Crippen LogP contribution >= 0.6 is 11.3 Å². The fourth-order valence-corrected chi connectivity index (χ4v) is 4.49. The number of carbonyl (C=O) groups excluding carboxylic acids is 2. The van der Waals surface area contributed by atoms with Gasteiger partial charge in [-0.2, -0.15) is 4.99 Å². The summed E-state index contributed by atoms with van der Waals surface area (Å²) < 4.78 is 7.96. The van der Waals surface area contributed by atoms with Gasteiger partial charge in [-0.1, -0.05) is 11.3 Å². The topological polar surface area (TPSA) is 63.9 Å². The molecule has 7 heteroatoms. The second-order valence-corrected chi connectivity index (χ2v) is 7.68. The molecular weight excluding hydrogens is 398 g/mol. The Morgan fingerprint density at radius 3 is 2.27 bits per heavy atom. The van der Waals surface area contributed by atoms with Crippen molar-refractivity contribution in [2.45, 2.75) is 34.2 Å². The van der Waals surface area contributed by atoms with Crippen molar-refractivity contribution in [3.63, 3.8) is 0 Å². The number of amides is 1. The molecule has 3 rings (SSSR count). The van der Waals surface area contributed by atoms with E-state index in [4.69, 9.17) is 4.74 Å². The first kappa shape index (κ1) is 21.8. The van der Waals surface area contributed by atoms with Gasteiger partial charge in [-0.25, -0.2) is 4.79 Å². The summed E-state index contributed by atoms with van der Waals surface area (Å²) in [4.78, 5) is 32.0. The Labute approximate surface area is 180 Å². The number of rotatable bonds is 7. The summed E-state index contributed by atoms with van der Waals surface area (Å²) in [6.45, 7) is 10.8. The molecule has 0 unspecified atom stereocenters. The van der Waals surface area contributed by atoms with Gasteiger partial charge in [0.1, 0.15) is 0 Å². The highest BCUT2D eigenvalue weighted by Crippen LogP contribution is 2.20.